The van der Waals surface area contributed by atoms with Gasteiger partial charge in [-0.05, 0) is 31.4 Å². The van der Waals surface area contributed by atoms with Crippen molar-refractivity contribution in [1.82, 2.24) is 0 Å². The molecule has 0 N–H and O–H groups in total. The molecular weight excluding hydrogens is 195 g/mol. The highest BCUT2D eigenvalue weighted by atomic mass is 19.1. The quantitative estimate of drug-likeness (QED) is 0.675. The number of aryl methyl sites for hydroxylation is 1. The highest BCUT2D eigenvalue weighted by molar-refractivity contribution is 5.29. The van der Waals surface area contributed by atoms with Crippen LogP contribution in [0, 0.1) is 12.7 Å². The minimum atomic E-state index is -0.260. The van der Waals surface area contributed by atoms with Gasteiger partial charge in [0.2, 0.25) is 0 Å². The van der Waals surface area contributed by atoms with E-state index in [0.29, 0.717) is 17.9 Å². The van der Waals surface area contributed by atoms with E-state index in [1.165, 1.54) is 0 Å². The summed E-state index contributed by atoms with van der Waals surface area (Å²) < 4.78 is 23.7. The Bertz CT molecular complexity index is 300. The Labute approximate surface area is 90.0 Å². The van der Waals surface area contributed by atoms with Crippen molar-refractivity contribution in [2.75, 3.05) is 20.3 Å². The molecule has 0 spiro atoms. The van der Waals surface area contributed by atoms with Crippen LogP contribution in [0.5, 0.6) is 5.75 Å². The monoisotopic (exact) mass is 212 g/mol. The van der Waals surface area contributed by atoms with Crippen LogP contribution in [-0.4, -0.2) is 20.3 Å². The molecule has 0 saturated heterocycles. The van der Waals surface area contributed by atoms with Gasteiger partial charge in [-0.2, -0.15) is 0 Å². The largest absolute Gasteiger partial charge is 0.491 e. The molecule has 0 aliphatic rings. The Kier molecular flexibility index (Phi) is 5.12. The predicted octanol–water partition coefficient (Wildman–Crippen LogP) is 2.94. The van der Waals surface area contributed by atoms with Gasteiger partial charge in [-0.3, -0.25) is 0 Å². The zero-order valence-corrected chi connectivity index (χ0v) is 9.25. The molecule has 0 aliphatic heterocycles. The lowest BCUT2D eigenvalue weighted by Gasteiger charge is -2.08. The molecule has 0 bridgehead atoms. The van der Waals surface area contributed by atoms with Gasteiger partial charge in [0.25, 0.3) is 0 Å². The van der Waals surface area contributed by atoms with E-state index in [-0.39, 0.29) is 5.82 Å². The molecule has 3 heteroatoms. The van der Waals surface area contributed by atoms with E-state index in [1.807, 2.05) is 0 Å². The second-order valence-electron chi connectivity index (χ2n) is 3.44. The fourth-order valence-corrected chi connectivity index (χ4v) is 1.26. The number of methoxy groups -OCH3 is 1. The van der Waals surface area contributed by atoms with Gasteiger partial charge in [-0.15, -0.1) is 0 Å². The molecule has 0 fully saturated rings. The van der Waals surface area contributed by atoms with Gasteiger partial charge in [0.1, 0.15) is 0 Å². The zero-order chi connectivity index (χ0) is 11.1. The third-order valence-corrected chi connectivity index (χ3v) is 2.16. The maximum absolute atomic E-state index is 13.4. The van der Waals surface area contributed by atoms with Crippen LogP contribution in [0.4, 0.5) is 4.39 Å². The maximum Gasteiger partial charge on any atom is 0.167 e. The first-order valence-corrected chi connectivity index (χ1v) is 5.12. The summed E-state index contributed by atoms with van der Waals surface area (Å²) in [5, 5.41) is 0. The fourth-order valence-electron chi connectivity index (χ4n) is 1.26. The average Bonchev–Trinajstić information content (AvgIpc) is 2.24. The van der Waals surface area contributed by atoms with Crippen LogP contribution in [-0.2, 0) is 4.74 Å². The summed E-state index contributed by atoms with van der Waals surface area (Å²) in [5.41, 5.74) is 0.615. The standard InChI is InChI=1S/C12H17FO2/c1-10-6-5-7-11(12(10)13)15-9-4-3-8-14-2/h5-7H,3-4,8-9H2,1-2H3. The van der Waals surface area contributed by atoms with Crippen LogP contribution in [0.3, 0.4) is 0 Å². The van der Waals surface area contributed by atoms with Crippen molar-refractivity contribution in [3.05, 3.63) is 29.6 Å². The van der Waals surface area contributed by atoms with Crippen molar-refractivity contribution in [3.8, 4) is 5.75 Å². The van der Waals surface area contributed by atoms with Crippen LogP contribution < -0.4 is 4.74 Å². The average molecular weight is 212 g/mol. The van der Waals surface area contributed by atoms with Gasteiger partial charge in [-0.1, -0.05) is 12.1 Å². The van der Waals surface area contributed by atoms with Crippen molar-refractivity contribution in [2.45, 2.75) is 19.8 Å². The molecule has 0 amide bonds. The van der Waals surface area contributed by atoms with Crippen LogP contribution in [0.25, 0.3) is 0 Å². The minimum Gasteiger partial charge on any atom is -0.491 e. The van der Waals surface area contributed by atoms with Gasteiger partial charge in [0.05, 0.1) is 6.61 Å². The van der Waals surface area contributed by atoms with E-state index < -0.39 is 0 Å². The summed E-state index contributed by atoms with van der Waals surface area (Å²) in [7, 11) is 1.67. The van der Waals surface area contributed by atoms with Gasteiger partial charge >= 0.3 is 0 Å². The van der Waals surface area contributed by atoms with Crippen LogP contribution in [0.1, 0.15) is 18.4 Å². The SMILES string of the molecule is COCCCCOc1cccc(C)c1F. The normalized spacial score (nSPS) is 10.3. The second kappa shape index (κ2) is 6.40. The summed E-state index contributed by atoms with van der Waals surface area (Å²) in [5.74, 6) is 0.0802. The number of benzene rings is 1. The minimum absolute atomic E-state index is 0.260. The molecule has 0 saturated carbocycles. The van der Waals surface area contributed by atoms with E-state index in [4.69, 9.17) is 9.47 Å². The molecule has 15 heavy (non-hydrogen) atoms. The second-order valence-corrected chi connectivity index (χ2v) is 3.44. The van der Waals surface area contributed by atoms with Gasteiger partial charge in [0, 0.05) is 13.7 Å². The molecule has 84 valence electrons. The van der Waals surface area contributed by atoms with Gasteiger partial charge in [0.15, 0.2) is 11.6 Å². The molecule has 0 unspecified atom stereocenters. The van der Waals surface area contributed by atoms with Gasteiger partial charge in [-0.25, -0.2) is 4.39 Å². The molecule has 2 nitrogen and oxygen atoms in total. The Morgan fingerprint density at radius 3 is 2.67 bits per heavy atom. The number of rotatable bonds is 6. The van der Waals surface area contributed by atoms with Crippen molar-refractivity contribution in [2.24, 2.45) is 0 Å². The van der Waals surface area contributed by atoms with Crippen molar-refractivity contribution >= 4 is 0 Å². The van der Waals surface area contributed by atoms with Crippen LogP contribution in [0.15, 0.2) is 18.2 Å². The van der Waals surface area contributed by atoms with Crippen molar-refractivity contribution < 1.29 is 13.9 Å². The third-order valence-electron chi connectivity index (χ3n) is 2.16. The fraction of sp³-hybridized carbons (Fsp3) is 0.500. The predicted molar refractivity (Wildman–Crippen MR) is 57.7 cm³/mol. The molecule has 0 atom stereocenters. The topological polar surface area (TPSA) is 18.5 Å². The molecular formula is C12H17FO2. The van der Waals surface area contributed by atoms with Crippen molar-refractivity contribution in [1.29, 1.82) is 0 Å². The Morgan fingerprint density at radius 1 is 1.20 bits per heavy atom. The zero-order valence-electron chi connectivity index (χ0n) is 9.25. The molecule has 1 aromatic rings. The van der Waals surface area contributed by atoms with Gasteiger partial charge < -0.3 is 9.47 Å². The molecule has 0 aliphatic carbocycles. The first kappa shape index (κ1) is 12.0. The molecule has 0 radical (unpaired) electrons. The summed E-state index contributed by atoms with van der Waals surface area (Å²) in [6, 6.07) is 5.18. The Hall–Kier alpha value is -1.09. The van der Waals surface area contributed by atoms with E-state index in [0.717, 1.165) is 19.4 Å². The maximum atomic E-state index is 13.4. The molecule has 0 heterocycles. The highest BCUT2D eigenvalue weighted by Crippen LogP contribution is 2.19. The number of halogens is 1. The molecule has 1 aromatic carbocycles. The highest BCUT2D eigenvalue weighted by Gasteiger charge is 2.04. The summed E-state index contributed by atoms with van der Waals surface area (Å²) in [6.07, 6.45) is 1.81. The lowest BCUT2D eigenvalue weighted by Crippen LogP contribution is -2.01. The Balaban J connectivity index is 2.34. The number of unbranched alkanes of at least 4 members (excludes halogenated alkanes) is 1. The molecule has 0 aromatic heterocycles. The van der Waals surface area contributed by atoms with E-state index in [2.05, 4.69) is 0 Å². The Morgan fingerprint density at radius 2 is 1.93 bits per heavy atom. The number of ether oxygens (including phenoxy) is 2. The van der Waals surface area contributed by atoms with E-state index >= 15 is 0 Å². The number of hydrogen-bond donors (Lipinski definition) is 0. The summed E-state index contributed by atoms with van der Waals surface area (Å²) >= 11 is 0. The first-order valence-electron chi connectivity index (χ1n) is 5.12. The third kappa shape index (κ3) is 3.88. The van der Waals surface area contributed by atoms with Crippen molar-refractivity contribution in [3.63, 3.8) is 0 Å². The van der Waals surface area contributed by atoms with Crippen LogP contribution in [0.2, 0.25) is 0 Å². The summed E-state index contributed by atoms with van der Waals surface area (Å²) in [6.45, 7) is 2.98. The number of hydrogen-bond acceptors (Lipinski definition) is 2. The van der Waals surface area contributed by atoms with E-state index in [1.54, 1.807) is 32.2 Å². The lowest BCUT2D eigenvalue weighted by molar-refractivity contribution is 0.183. The smallest absolute Gasteiger partial charge is 0.167 e. The summed E-state index contributed by atoms with van der Waals surface area (Å²) in [4.78, 5) is 0. The first-order chi connectivity index (χ1) is 7.25. The molecule has 1 rings (SSSR count). The van der Waals surface area contributed by atoms with E-state index in [9.17, 15) is 4.39 Å². The lowest BCUT2D eigenvalue weighted by atomic mass is 10.2. The van der Waals surface area contributed by atoms with Crippen LogP contribution >= 0.6 is 0 Å².